The third-order valence-corrected chi connectivity index (χ3v) is 5.00. The molecular weight excluding hydrogens is 376 g/mol. The molecule has 7 heteroatoms. The molecule has 28 heavy (non-hydrogen) atoms. The number of carbonyl (C=O) groups excluding carboxylic acids is 1. The summed E-state index contributed by atoms with van der Waals surface area (Å²) in [5, 5.41) is 4.25. The van der Waals surface area contributed by atoms with Crippen LogP contribution in [0.2, 0.25) is 5.02 Å². The van der Waals surface area contributed by atoms with E-state index in [0.717, 1.165) is 49.7 Å². The number of nitrogens with zero attached hydrogens (tertiary/aromatic N) is 3. The number of aromatic nitrogens is 2. The van der Waals surface area contributed by atoms with Gasteiger partial charge < -0.3 is 15.0 Å². The summed E-state index contributed by atoms with van der Waals surface area (Å²) in [6, 6.07) is 8.42. The Balaban J connectivity index is 1.48. The molecule has 6 nitrogen and oxygen atoms in total. The summed E-state index contributed by atoms with van der Waals surface area (Å²) in [5.74, 6) is 0.338. The van der Waals surface area contributed by atoms with Crippen LogP contribution in [0.4, 0.5) is 5.82 Å². The van der Waals surface area contributed by atoms with Crippen LogP contribution in [0, 0.1) is 0 Å². The van der Waals surface area contributed by atoms with E-state index in [1.54, 1.807) is 18.5 Å². The zero-order chi connectivity index (χ0) is 19.8. The fourth-order valence-electron chi connectivity index (χ4n) is 3.24. The highest BCUT2D eigenvalue weighted by Crippen LogP contribution is 2.16. The van der Waals surface area contributed by atoms with Gasteiger partial charge in [0.25, 0.3) is 0 Å². The molecule has 1 atom stereocenters. The molecular formula is C21H25ClN4O2. The van der Waals surface area contributed by atoms with Crippen LogP contribution < -0.4 is 5.32 Å². The monoisotopic (exact) mass is 400 g/mol. The first-order valence-corrected chi connectivity index (χ1v) is 9.81. The molecule has 0 aliphatic carbocycles. The molecule has 1 aromatic heterocycles. The highest BCUT2D eigenvalue weighted by atomic mass is 35.5. The molecule has 0 bridgehead atoms. The van der Waals surface area contributed by atoms with E-state index in [-0.39, 0.29) is 0 Å². The van der Waals surface area contributed by atoms with Crippen molar-refractivity contribution < 1.29 is 9.53 Å². The number of piperidine rings is 1. The van der Waals surface area contributed by atoms with E-state index >= 15 is 0 Å². The minimum Gasteiger partial charge on any atom is -0.466 e. The number of ether oxygens (including phenoxy) is 1. The van der Waals surface area contributed by atoms with Crippen LogP contribution in [-0.2, 0) is 16.0 Å². The molecule has 3 rings (SSSR count). The Morgan fingerprint density at radius 3 is 2.86 bits per heavy atom. The lowest BCUT2D eigenvalue weighted by Crippen LogP contribution is -2.43. The van der Waals surface area contributed by atoms with Crippen molar-refractivity contribution in [1.29, 1.82) is 0 Å². The number of methoxy groups -OCH3 is 1. The van der Waals surface area contributed by atoms with Gasteiger partial charge in [0.05, 0.1) is 25.2 Å². The Morgan fingerprint density at radius 1 is 1.32 bits per heavy atom. The molecule has 0 saturated carbocycles. The third kappa shape index (κ3) is 6.32. The first kappa shape index (κ1) is 20.3. The molecule has 2 aromatic rings. The topological polar surface area (TPSA) is 67.3 Å². The van der Waals surface area contributed by atoms with E-state index in [1.165, 1.54) is 18.7 Å². The average molecular weight is 401 g/mol. The van der Waals surface area contributed by atoms with Crippen LogP contribution >= 0.6 is 11.6 Å². The minimum absolute atomic E-state index is 0.352. The van der Waals surface area contributed by atoms with Gasteiger partial charge in [-0.3, -0.25) is 4.98 Å². The first-order chi connectivity index (χ1) is 13.6. The van der Waals surface area contributed by atoms with Gasteiger partial charge in [0.2, 0.25) is 0 Å². The number of halogens is 1. The van der Waals surface area contributed by atoms with E-state index < -0.39 is 5.97 Å². The Kier molecular flexibility index (Phi) is 7.39. The SMILES string of the molecule is COC(=O)/C=C/c1cnc(N[C@@H]2CCCN(CCc3ccc(Cl)cc3)C2)cn1. The van der Waals surface area contributed by atoms with Crippen molar-refractivity contribution in [3.8, 4) is 0 Å². The number of likely N-dealkylation sites (tertiary alicyclic amines) is 1. The van der Waals surface area contributed by atoms with Crippen molar-refractivity contribution in [3.05, 3.63) is 59.0 Å². The maximum Gasteiger partial charge on any atom is 0.330 e. The molecule has 1 fully saturated rings. The number of nitrogens with one attached hydrogen (secondary N) is 1. The number of hydrogen-bond acceptors (Lipinski definition) is 6. The fraction of sp³-hybridized carbons (Fsp3) is 0.381. The Labute approximate surface area is 170 Å². The lowest BCUT2D eigenvalue weighted by atomic mass is 10.0. The maximum atomic E-state index is 11.1. The second-order valence-corrected chi connectivity index (χ2v) is 7.28. The van der Waals surface area contributed by atoms with Crippen LogP contribution in [0.1, 0.15) is 24.1 Å². The molecule has 0 amide bonds. The van der Waals surface area contributed by atoms with Gasteiger partial charge in [-0.05, 0) is 49.6 Å². The van der Waals surface area contributed by atoms with Gasteiger partial charge in [-0.2, -0.15) is 0 Å². The van der Waals surface area contributed by atoms with Gasteiger partial charge in [-0.15, -0.1) is 0 Å². The van der Waals surface area contributed by atoms with Crippen molar-refractivity contribution in [1.82, 2.24) is 14.9 Å². The summed E-state index contributed by atoms with van der Waals surface area (Å²) in [5.41, 5.74) is 1.92. The van der Waals surface area contributed by atoms with Gasteiger partial charge in [-0.1, -0.05) is 23.7 Å². The number of anilines is 1. The molecule has 1 N–H and O–H groups in total. The van der Waals surface area contributed by atoms with Crippen LogP contribution in [0.3, 0.4) is 0 Å². The zero-order valence-corrected chi connectivity index (χ0v) is 16.7. The standard InChI is InChI=1S/C21H25ClN4O2/c1-28-21(27)9-8-18-13-24-20(14-23-18)25-19-3-2-11-26(15-19)12-10-16-4-6-17(22)7-5-16/h4-9,13-14,19H,2-3,10-12,15H2,1H3,(H,24,25)/b9-8+/t19-/m1/s1. The van der Waals surface area contributed by atoms with Crippen LogP contribution in [0.15, 0.2) is 42.7 Å². The minimum atomic E-state index is -0.412. The quantitative estimate of drug-likeness (QED) is 0.567. The second-order valence-electron chi connectivity index (χ2n) is 6.84. The van der Waals surface area contributed by atoms with E-state index in [9.17, 15) is 4.79 Å². The van der Waals surface area contributed by atoms with Crippen molar-refractivity contribution in [2.75, 3.05) is 32.1 Å². The lowest BCUT2D eigenvalue weighted by molar-refractivity contribution is -0.134. The number of esters is 1. The van der Waals surface area contributed by atoms with E-state index in [4.69, 9.17) is 11.6 Å². The molecule has 1 aromatic carbocycles. The highest BCUT2D eigenvalue weighted by Gasteiger charge is 2.19. The molecule has 2 heterocycles. The average Bonchev–Trinajstić information content (AvgIpc) is 2.73. The van der Waals surface area contributed by atoms with E-state index in [1.807, 2.05) is 12.1 Å². The van der Waals surface area contributed by atoms with Gasteiger partial charge in [0.15, 0.2) is 0 Å². The fourth-order valence-corrected chi connectivity index (χ4v) is 3.37. The van der Waals surface area contributed by atoms with Gasteiger partial charge in [-0.25, -0.2) is 9.78 Å². The summed E-state index contributed by atoms with van der Waals surface area (Å²) >= 11 is 5.95. The molecule has 1 aliphatic heterocycles. The first-order valence-electron chi connectivity index (χ1n) is 9.44. The van der Waals surface area contributed by atoms with Crippen LogP contribution in [0.5, 0.6) is 0 Å². The van der Waals surface area contributed by atoms with Gasteiger partial charge in [0, 0.05) is 30.2 Å². The molecule has 1 saturated heterocycles. The zero-order valence-electron chi connectivity index (χ0n) is 16.0. The molecule has 1 aliphatic rings. The van der Waals surface area contributed by atoms with Crippen molar-refractivity contribution in [3.63, 3.8) is 0 Å². The van der Waals surface area contributed by atoms with E-state index in [2.05, 4.69) is 37.1 Å². The largest absolute Gasteiger partial charge is 0.466 e. The van der Waals surface area contributed by atoms with Crippen LogP contribution in [-0.4, -0.2) is 53.6 Å². The Bertz CT molecular complexity index is 793. The number of hydrogen-bond donors (Lipinski definition) is 1. The number of benzene rings is 1. The smallest absolute Gasteiger partial charge is 0.330 e. The Hall–Kier alpha value is -2.44. The Morgan fingerprint density at radius 2 is 2.14 bits per heavy atom. The van der Waals surface area contributed by atoms with Crippen molar-refractivity contribution >= 4 is 29.5 Å². The molecule has 0 spiro atoms. The molecule has 0 radical (unpaired) electrons. The van der Waals surface area contributed by atoms with Gasteiger partial charge in [0.1, 0.15) is 5.82 Å². The molecule has 148 valence electrons. The molecule has 0 unspecified atom stereocenters. The third-order valence-electron chi connectivity index (χ3n) is 4.75. The summed E-state index contributed by atoms with van der Waals surface area (Å²) in [6.07, 6.45) is 9.55. The summed E-state index contributed by atoms with van der Waals surface area (Å²) in [6.45, 7) is 3.14. The number of carbonyl (C=O) groups is 1. The normalized spacial score (nSPS) is 17.6. The maximum absolute atomic E-state index is 11.1. The summed E-state index contributed by atoms with van der Waals surface area (Å²) in [4.78, 5) is 22.3. The second kappa shape index (κ2) is 10.2. The van der Waals surface area contributed by atoms with Crippen LogP contribution in [0.25, 0.3) is 6.08 Å². The predicted molar refractivity (Wildman–Crippen MR) is 111 cm³/mol. The van der Waals surface area contributed by atoms with Gasteiger partial charge >= 0.3 is 5.97 Å². The lowest BCUT2D eigenvalue weighted by Gasteiger charge is -2.33. The van der Waals surface area contributed by atoms with Crippen molar-refractivity contribution in [2.24, 2.45) is 0 Å². The summed E-state index contributed by atoms with van der Waals surface area (Å²) < 4.78 is 4.56. The predicted octanol–water partition coefficient (Wildman–Crippen LogP) is 3.44. The van der Waals surface area contributed by atoms with Crippen molar-refractivity contribution in [2.45, 2.75) is 25.3 Å². The van der Waals surface area contributed by atoms with E-state index in [0.29, 0.717) is 11.7 Å². The number of rotatable bonds is 7. The summed E-state index contributed by atoms with van der Waals surface area (Å²) in [7, 11) is 1.34. The highest BCUT2D eigenvalue weighted by molar-refractivity contribution is 6.30.